The first-order chi connectivity index (χ1) is 10.6. The van der Waals surface area contributed by atoms with Gasteiger partial charge in [0.05, 0.1) is 12.6 Å². The Morgan fingerprint density at radius 3 is 2.27 bits per heavy atom. The molecule has 0 bridgehead atoms. The van der Waals surface area contributed by atoms with Gasteiger partial charge in [-0.3, -0.25) is 4.79 Å². The zero-order valence-corrected chi connectivity index (χ0v) is 13.4. The van der Waals surface area contributed by atoms with Gasteiger partial charge in [-0.1, -0.05) is 48.9 Å². The first-order valence-electron chi connectivity index (χ1n) is 7.59. The number of carbonyl (C=O) groups is 1. The van der Waals surface area contributed by atoms with Crippen molar-refractivity contribution in [3.05, 3.63) is 70.8 Å². The maximum atomic E-state index is 12.4. The summed E-state index contributed by atoms with van der Waals surface area (Å²) in [5.41, 5.74) is 4.09. The third kappa shape index (κ3) is 4.18. The van der Waals surface area contributed by atoms with E-state index in [-0.39, 0.29) is 11.9 Å². The highest BCUT2D eigenvalue weighted by Crippen LogP contribution is 2.18. The lowest BCUT2D eigenvalue weighted by Gasteiger charge is -2.18. The molecular weight excluding hydrogens is 274 g/mol. The van der Waals surface area contributed by atoms with Crippen molar-refractivity contribution in [1.82, 2.24) is 5.32 Å². The topological polar surface area (TPSA) is 38.3 Å². The van der Waals surface area contributed by atoms with E-state index in [2.05, 4.69) is 43.4 Å². The number of methoxy groups -OCH3 is 1. The molecule has 1 atom stereocenters. The summed E-state index contributed by atoms with van der Waals surface area (Å²) in [5, 5.41) is 3.10. The van der Waals surface area contributed by atoms with Crippen molar-refractivity contribution < 1.29 is 9.53 Å². The maximum absolute atomic E-state index is 12.4. The van der Waals surface area contributed by atoms with Gasteiger partial charge in [0, 0.05) is 12.7 Å². The lowest BCUT2D eigenvalue weighted by atomic mass is 10.0. The standard InChI is InChI=1S/C19H23NO2/c1-4-18(16-9-5-14(2)6-10-16)20-19(21)17-11-7-15(8-12-17)13-22-3/h5-12,18H,4,13H2,1-3H3,(H,20,21)/t18-/m1/s1. The van der Waals surface area contributed by atoms with Gasteiger partial charge >= 0.3 is 0 Å². The molecule has 3 nitrogen and oxygen atoms in total. The van der Waals surface area contributed by atoms with Crippen LogP contribution >= 0.6 is 0 Å². The zero-order chi connectivity index (χ0) is 15.9. The third-order valence-electron chi connectivity index (χ3n) is 3.72. The van der Waals surface area contributed by atoms with Crippen molar-refractivity contribution in [3.8, 4) is 0 Å². The molecule has 0 aliphatic rings. The van der Waals surface area contributed by atoms with Gasteiger partial charge in [-0.15, -0.1) is 0 Å². The van der Waals surface area contributed by atoms with Crippen molar-refractivity contribution in [1.29, 1.82) is 0 Å². The van der Waals surface area contributed by atoms with Crippen LogP contribution in [0.5, 0.6) is 0 Å². The number of benzene rings is 2. The summed E-state index contributed by atoms with van der Waals surface area (Å²) in [6.45, 7) is 4.69. The Balaban J connectivity index is 2.06. The number of nitrogens with one attached hydrogen (secondary N) is 1. The van der Waals surface area contributed by atoms with E-state index in [0.29, 0.717) is 12.2 Å². The third-order valence-corrected chi connectivity index (χ3v) is 3.72. The second kappa shape index (κ2) is 7.76. The minimum absolute atomic E-state index is 0.0340. The Bertz CT molecular complexity index is 602. The van der Waals surface area contributed by atoms with Crippen molar-refractivity contribution in [2.24, 2.45) is 0 Å². The Hall–Kier alpha value is -2.13. The van der Waals surface area contributed by atoms with Gasteiger partial charge in [0.15, 0.2) is 0 Å². The zero-order valence-electron chi connectivity index (χ0n) is 13.4. The molecule has 0 aromatic heterocycles. The van der Waals surface area contributed by atoms with Crippen LogP contribution in [-0.4, -0.2) is 13.0 Å². The highest BCUT2D eigenvalue weighted by Gasteiger charge is 2.13. The Morgan fingerprint density at radius 1 is 1.09 bits per heavy atom. The molecule has 0 aliphatic heterocycles. The van der Waals surface area contributed by atoms with Crippen LogP contribution in [0.1, 0.15) is 46.4 Å². The molecule has 1 amide bonds. The fraction of sp³-hybridized carbons (Fsp3) is 0.316. The molecular formula is C19H23NO2. The summed E-state index contributed by atoms with van der Waals surface area (Å²) >= 11 is 0. The summed E-state index contributed by atoms with van der Waals surface area (Å²) in [4.78, 5) is 12.4. The van der Waals surface area contributed by atoms with Gasteiger partial charge in [0.1, 0.15) is 0 Å². The maximum Gasteiger partial charge on any atom is 0.251 e. The Morgan fingerprint density at radius 2 is 1.73 bits per heavy atom. The highest BCUT2D eigenvalue weighted by atomic mass is 16.5. The molecule has 2 aromatic rings. The number of rotatable bonds is 6. The van der Waals surface area contributed by atoms with E-state index in [9.17, 15) is 4.79 Å². The Labute approximate surface area is 132 Å². The SMILES string of the molecule is CC[C@@H](NC(=O)c1ccc(COC)cc1)c1ccc(C)cc1. The monoisotopic (exact) mass is 297 g/mol. The van der Waals surface area contributed by atoms with Crippen LogP contribution in [-0.2, 0) is 11.3 Å². The molecule has 2 rings (SSSR count). The average Bonchev–Trinajstić information content (AvgIpc) is 2.54. The fourth-order valence-electron chi connectivity index (χ4n) is 2.38. The molecule has 0 heterocycles. The number of ether oxygens (including phenoxy) is 1. The van der Waals surface area contributed by atoms with Gasteiger partial charge in [-0.25, -0.2) is 0 Å². The quantitative estimate of drug-likeness (QED) is 0.874. The summed E-state index contributed by atoms with van der Waals surface area (Å²) in [7, 11) is 1.66. The number of amides is 1. The molecule has 3 heteroatoms. The smallest absolute Gasteiger partial charge is 0.251 e. The van der Waals surface area contributed by atoms with E-state index in [4.69, 9.17) is 4.74 Å². The van der Waals surface area contributed by atoms with Gasteiger partial charge < -0.3 is 10.1 Å². The van der Waals surface area contributed by atoms with E-state index in [1.54, 1.807) is 7.11 Å². The summed E-state index contributed by atoms with van der Waals surface area (Å²) in [5.74, 6) is -0.0450. The van der Waals surface area contributed by atoms with Crippen LogP contribution in [0.15, 0.2) is 48.5 Å². The summed E-state index contributed by atoms with van der Waals surface area (Å²) in [6.07, 6.45) is 0.858. The average molecular weight is 297 g/mol. The minimum atomic E-state index is -0.0450. The Kier molecular flexibility index (Phi) is 5.73. The minimum Gasteiger partial charge on any atom is -0.380 e. The summed E-state index contributed by atoms with van der Waals surface area (Å²) in [6, 6.07) is 15.9. The molecule has 0 spiro atoms. The molecule has 0 radical (unpaired) electrons. The molecule has 0 fully saturated rings. The number of carbonyl (C=O) groups excluding carboxylic acids is 1. The van der Waals surface area contributed by atoms with E-state index in [0.717, 1.165) is 17.5 Å². The van der Waals surface area contributed by atoms with Gasteiger partial charge in [0.25, 0.3) is 5.91 Å². The first-order valence-corrected chi connectivity index (χ1v) is 7.59. The van der Waals surface area contributed by atoms with Gasteiger partial charge in [-0.2, -0.15) is 0 Å². The molecule has 2 aromatic carbocycles. The highest BCUT2D eigenvalue weighted by molar-refractivity contribution is 5.94. The predicted octanol–water partition coefficient (Wildman–Crippen LogP) is 4.02. The summed E-state index contributed by atoms with van der Waals surface area (Å²) < 4.78 is 5.08. The van der Waals surface area contributed by atoms with Crippen LogP contribution in [0, 0.1) is 6.92 Å². The van der Waals surface area contributed by atoms with Crippen LogP contribution in [0.2, 0.25) is 0 Å². The van der Waals surface area contributed by atoms with Gasteiger partial charge in [-0.05, 0) is 36.6 Å². The second-order valence-corrected chi connectivity index (χ2v) is 5.47. The molecule has 116 valence electrons. The fourth-order valence-corrected chi connectivity index (χ4v) is 2.38. The number of hydrogen-bond donors (Lipinski definition) is 1. The van der Waals surface area contributed by atoms with Crippen LogP contribution in [0.25, 0.3) is 0 Å². The van der Waals surface area contributed by atoms with Crippen molar-refractivity contribution in [2.75, 3.05) is 7.11 Å². The lowest BCUT2D eigenvalue weighted by molar-refractivity contribution is 0.0935. The number of hydrogen-bond acceptors (Lipinski definition) is 2. The molecule has 0 unspecified atom stereocenters. The van der Waals surface area contributed by atoms with E-state index in [1.807, 2.05) is 24.3 Å². The van der Waals surface area contributed by atoms with Crippen molar-refractivity contribution >= 4 is 5.91 Å². The molecule has 0 saturated carbocycles. The van der Waals surface area contributed by atoms with Crippen molar-refractivity contribution in [2.45, 2.75) is 32.9 Å². The number of aryl methyl sites for hydroxylation is 1. The van der Waals surface area contributed by atoms with Gasteiger partial charge in [0.2, 0.25) is 0 Å². The second-order valence-electron chi connectivity index (χ2n) is 5.47. The van der Waals surface area contributed by atoms with Crippen LogP contribution < -0.4 is 5.32 Å². The molecule has 22 heavy (non-hydrogen) atoms. The first kappa shape index (κ1) is 16.2. The molecule has 0 aliphatic carbocycles. The lowest BCUT2D eigenvalue weighted by Crippen LogP contribution is -2.28. The van der Waals surface area contributed by atoms with Crippen LogP contribution in [0.4, 0.5) is 0 Å². The van der Waals surface area contributed by atoms with Crippen LogP contribution in [0.3, 0.4) is 0 Å². The van der Waals surface area contributed by atoms with Crippen molar-refractivity contribution in [3.63, 3.8) is 0 Å². The van der Waals surface area contributed by atoms with E-state index in [1.165, 1.54) is 5.56 Å². The molecule has 1 N–H and O–H groups in total. The predicted molar refractivity (Wildman–Crippen MR) is 88.8 cm³/mol. The molecule has 0 saturated heterocycles. The van der Waals surface area contributed by atoms with E-state index < -0.39 is 0 Å². The van der Waals surface area contributed by atoms with E-state index >= 15 is 0 Å². The normalized spacial score (nSPS) is 12.0. The largest absolute Gasteiger partial charge is 0.380 e.